The first-order valence-corrected chi connectivity index (χ1v) is 12.2. The van der Waals surface area contributed by atoms with Crippen LogP contribution in [0.2, 0.25) is 0 Å². The van der Waals surface area contributed by atoms with Gasteiger partial charge in [0, 0.05) is 19.4 Å². The second kappa shape index (κ2) is 10.7. The maximum absolute atomic E-state index is 13.9. The van der Waals surface area contributed by atoms with E-state index in [1.807, 2.05) is 5.32 Å². The fourth-order valence-electron chi connectivity index (χ4n) is 5.13. The highest BCUT2D eigenvalue weighted by atomic mass is 19.4. The fourth-order valence-corrected chi connectivity index (χ4v) is 5.13. The maximum atomic E-state index is 13.9. The number of halogens is 3. The number of nitrogens with zero attached hydrogens (tertiary/aromatic N) is 4. The minimum absolute atomic E-state index is 0.0626. The predicted molar refractivity (Wildman–Crippen MR) is 129 cm³/mol. The minimum Gasteiger partial charge on any atom is -0.384 e. The zero-order valence-corrected chi connectivity index (χ0v) is 20.3. The van der Waals surface area contributed by atoms with Gasteiger partial charge in [0.2, 0.25) is 5.91 Å². The van der Waals surface area contributed by atoms with Gasteiger partial charge in [-0.2, -0.15) is 13.2 Å². The topological polar surface area (TPSA) is 122 Å². The molecule has 3 N–H and O–H groups in total. The van der Waals surface area contributed by atoms with Crippen LogP contribution in [0.5, 0.6) is 0 Å². The van der Waals surface area contributed by atoms with E-state index < -0.39 is 47.9 Å². The number of hydrogen-bond donors (Lipinski definition) is 2. The summed E-state index contributed by atoms with van der Waals surface area (Å²) < 4.78 is 41.8. The lowest BCUT2D eigenvalue weighted by Crippen LogP contribution is -2.71. The van der Waals surface area contributed by atoms with Crippen molar-refractivity contribution >= 4 is 29.5 Å². The van der Waals surface area contributed by atoms with Crippen LogP contribution < -0.4 is 16.0 Å². The van der Waals surface area contributed by atoms with Gasteiger partial charge in [-0.05, 0) is 55.0 Å². The van der Waals surface area contributed by atoms with E-state index >= 15 is 0 Å². The summed E-state index contributed by atoms with van der Waals surface area (Å²) in [7, 11) is 1.44. The molecule has 2 fully saturated rings. The van der Waals surface area contributed by atoms with Crippen LogP contribution in [0.25, 0.3) is 0 Å². The summed E-state index contributed by atoms with van der Waals surface area (Å²) in [6.07, 6.45) is 1.09. The van der Waals surface area contributed by atoms with E-state index in [1.54, 1.807) is 30.3 Å². The number of anilines is 2. The maximum Gasteiger partial charge on any atom is 0.408 e. The SMILES string of the molecule is CN(C(=O)[C@@H]1[C@@H](Cc2ccnc(N)c2)C(=O)N1C(=O)NC(C1CCCCC1)C(F)(F)F)c1ccccn1. The van der Waals surface area contributed by atoms with Gasteiger partial charge in [0.1, 0.15) is 23.7 Å². The Labute approximate surface area is 212 Å². The molecule has 37 heavy (non-hydrogen) atoms. The Kier molecular flexibility index (Phi) is 7.65. The Hall–Kier alpha value is -3.70. The number of carbonyl (C=O) groups is 3. The molecule has 1 aliphatic heterocycles. The van der Waals surface area contributed by atoms with Gasteiger partial charge in [0.15, 0.2) is 0 Å². The van der Waals surface area contributed by atoms with Gasteiger partial charge in [0.25, 0.3) is 5.91 Å². The molecular formula is C25H29F3N6O3. The summed E-state index contributed by atoms with van der Waals surface area (Å²) in [4.78, 5) is 49.6. The van der Waals surface area contributed by atoms with Gasteiger partial charge >= 0.3 is 12.2 Å². The van der Waals surface area contributed by atoms with Crippen molar-refractivity contribution < 1.29 is 27.6 Å². The first-order chi connectivity index (χ1) is 17.6. The number of nitrogens with two attached hydrogens (primary N) is 1. The molecule has 2 aromatic rings. The number of alkyl halides is 3. The molecule has 2 aromatic heterocycles. The number of rotatable bonds is 6. The largest absolute Gasteiger partial charge is 0.408 e. The molecular weight excluding hydrogens is 489 g/mol. The minimum atomic E-state index is -4.69. The number of nitrogens with one attached hydrogen (secondary N) is 1. The molecule has 4 amide bonds. The molecule has 1 saturated heterocycles. The lowest BCUT2D eigenvalue weighted by molar-refractivity contribution is -0.170. The van der Waals surface area contributed by atoms with E-state index in [9.17, 15) is 27.6 Å². The molecule has 1 unspecified atom stereocenters. The standard InChI is InChI=1S/C25H29F3N6O3/c1-33(19-9-5-6-11-31-19)23(36)20-17(13-15-10-12-30-18(29)14-15)22(35)34(20)24(37)32-21(25(26,27)28)16-7-3-2-4-8-16/h5-6,9-12,14,16-17,20-21H,2-4,7-8,13H2,1H3,(H2,29,30)(H,32,37)/t17-,20+,21?/m1/s1. The van der Waals surface area contributed by atoms with Crippen molar-refractivity contribution in [2.24, 2.45) is 11.8 Å². The number of carbonyl (C=O) groups excluding carboxylic acids is 3. The Balaban J connectivity index is 1.60. The third-order valence-corrected chi connectivity index (χ3v) is 7.06. The van der Waals surface area contributed by atoms with Crippen molar-refractivity contribution in [2.45, 2.75) is 56.8 Å². The van der Waals surface area contributed by atoms with Crippen molar-refractivity contribution in [3.05, 3.63) is 48.3 Å². The number of likely N-dealkylation sites (tertiary alicyclic amines) is 1. The van der Waals surface area contributed by atoms with Crippen molar-refractivity contribution in [2.75, 3.05) is 17.7 Å². The number of nitrogen functional groups attached to an aromatic ring is 1. The monoisotopic (exact) mass is 518 g/mol. The molecule has 0 aromatic carbocycles. The Bertz CT molecular complexity index is 1140. The van der Waals surface area contributed by atoms with Crippen LogP contribution in [0.1, 0.15) is 37.7 Å². The second-order valence-electron chi connectivity index (χ2n) is 9.50. The lowest BCUT2D eigenvalue weighted by Gasteiger charge is -2.46. The first-order valence-electron chi connectivity index (χ1n) is 12.2. The number of imide groups is 1. The molecule has 12 heteroatoms. The number of hydrogen-bond acceptors (Lipinski definition) is 6. The van der Waals surface area contributed by atoms with Gasteiger partial charge in [0.05, 0.1) is 5.92 Å². The van der Waals surface area contributed by atoms with Crippen molar-refractivity contribution in [3.63, 3.8) is 0 Å². The Morgan fingerprint density at radius 3 is 2.51 bits per heavy atom. The second-order valence-corrected chi connectivity index (χ2v) is 9.50. The van der Waals surface area contributed by atoms with Gasteiger partial charge in [-0.3, -0.25) is 19.4 Å². The normalized spacial score (nSPS) is 21.2. The molecule has 0 spiro atoms. The highest BCUT2D eigenvalue weighted by Gasteiger charge is 2.57. The molecule has 0 bridgehead atoms. The third-order valence-electron chi connectivity index (χ3n) is 7.06. The highest BCUT2D eigenvalue weighted by Crippen LogP contribution is 2.37. The van der Waals surface area contributed by atoms with E-state index in [0.717, 1.165) is 6.42 Å². The number of urea groups is 1. The smallest absolute Gasteiger partial charge is 0.384 e. The van der Waals surface area contributed by atoms with Crippen LogP contribution in [0.4, 0.5) is 29.6 Å². The van der Waals surface area contributed by atoms with Crippen LogP contribution in [0.3, 0.4) is 0 Å². The molecule has 4 rings (SSSR count). The van der Waals surface area contributed by atoms with Gasteiger partial charge in [-0.25, -0.2) is 14.8 Å². The molecule has 1 aliphatic carbocycles. The number of pyridine rings is 2. The molecule has 198 valence electrons. The van der Waals surface area contributed by atoms with Gasteiger partial charge in [-0.1, -0.05) is 25.3 Å². The van der Waals surface area contributed by atoms with E-state index in [4.69, 9.17) is 5.73 Å². The Morgan fingerprint density at radius 2 is 1.89 bits per heavy atom. The van der Waals surface area contributed by atoms with Gasteiger partial charge in [-0.15, -0.1) is 0 Å². The first kappa shape index (κ1) is 26.4. The van der Waals surface area contributed by atoms with E-state index in [-0.39, 0.29) is 18.1 Å². The molecule has 1 saturated carbocycles. The molecule has 3 heterocycles. The average Bonchev–Trinajstić information content (AvgIpc) is 2.88. The number of amides is 4. The van der Waals surface area contributed by atoms with Crippen LogP contribution in [-0.4, -0.2) is 58.0 Å². The third kappa shape index (κ3) is 5.67. The Morgan fingerprint density at radius 1 is 1.16 bits per heavy atom. The zero-order valence-electron chi connectivity index (χ0n) is 20.3. The van der Waals surface area contributed by atoms with Crippen molar-refractivity contribution in [1.82, 2.24) is 20.2 Å². The number of aromatic nitrogens is 2. The van der Waals surface area contributed by atoms with Crippen molar-refractivity contribution in [3.8, 4) is 0 Å². The van der Waals surface area contributed by atoms with E-state index in [2.05, 4.69) is 9.97 Å². The average molecular weight is 519 g/mol. The summed E-state index contributed by atoms with van der Waals surface area (Å²) in [5.74, 6) is -2.63. The molecule has 9 nitrogen and oxygen atoms in total. The highest BCUT2D eigenvalue weighted by molar-refractivity contribution is 6.12. The fraction of sp³-hybridized carbons (Fsp3) is 0.480. The van der Waals surface area contributed by atoms with Crippen LogP contribution in [-0.2, 0) is 16.0 Å². The summed E-state index contributed by atoms with van der Waals surface area (Å²) in [5.41, 5.74) is 6.34. The quantitative estimate of drug-likeness (QED) is 0.566. The van der Waals surface area contributed by atoms with Crippen LogP contribution in [0.15, 0.2) is 42.7 Å². The predicted octanol–water partition coefficient (Wildman–Crippen LogP) is 3.31. The summed E-state index contributed by atoms with van der Waals surface area (Å²) in [5, 5.41) is 2.04. The van der Waals surface area contributed by atoms with Crippen LogP contribution >= 0.6 is 0 Å². The number of likely N-dealkylation sites (N-methyl/N-ethyl adjacent to an activating group) is 1. The summed E-state index contributed by atoms with van der Waals surface area (Å²) in [6.45, 7) is 0. The van der Waals surface area contributed by atoms with Crippen LogP contribution in [0, 0.1) is 11.8 Å². The zero-order chi connectivity index (χ0) is 26.7. The van der Waals surface area contributed by atoms with Crippen molar-refractivity contribution in [1.29, 1.82) is 0 Å². The molecule has 3 atom stereocenters. The van der Waals surface area contributed by atoms with E-state index in [0.29, 0.717) is 36.1 Å². The van der Waals surface area contributed by atoms with E-state index in [1.165, 1.54) is 24.3 Å². The summed E-state index contributed by atoms with van der Waals surface area (Å²) in [6, 6.07) is 3.43. The van der Waals surface area contributed by atoms with Gasteiger partial charge < -0.3 is 11.1 Å². The molecule has 0 radical (unpaired) electrons. The molecule has 2 aliphatic rings. The number of β-lactam (4-membered cyclic amide) rings is 1. The summed E-state index contributed by atoms with van der Waals surface area (Å²) >= 11 is 0. The lowest BCUT2D eigenvalue weighted by atomic mass is 9.81.